The lowest BCUT2D eigenvalue weighted by Gasteiger charge is -2.24. The van der Waals surface area contributed by atoms with Crippen molar-refractivity contribution >= 4 is 11.5 Å². The zero-order valence-electron chi connectivity index (χ0n) is 19.7. The van der Waals surface area contributed by atoms with Crippen LogP contribution < -0.4 is 26.2 Å². The van der Waals surface area contributed by atoms with E-state index in [1.807, 2.05) is 12.1 Å². The number of ether oxygens (including phenoxy) is 3. The minimum absolute atomic E-state index is 0.0345. The number of H-pyrrole nitrogens is 1. The summed E-state index contributed by atoms with van der Waals surface area (Å²) in [7, 11) is 0. The van der Waals surface area contributed by atoms with Crippen molar-refractivity contribution in [1.82, 2.24) is 24.7 Å². The molecule has 0 saturated heterocycles. The molecule has 0 spiro atoms. The highest BCUT2D eigenvalue weighted by atomic mass is 16.7. The summed E-state index contributed by atoms with van der Waals surface area (Å²) in [6.45, 7) is 4.45. The van der Waals surface area contributed by atoms with Gasteiger partial charge in [0.25, 0.3) is 5.95 Å². The molecule has 1 atom stereocenters. The molecule has 0 fully saturated rings. The molecule has 37 heavy (non-hydrogen) atoms. The SMILES string of the molecule is C=CCOc1cc(C(Nc2ccc(C(=N)N)cc2)c2nn(-c3ncccn3)c(=O)[nH]2)cc2c1OCOC2. The van der Waals surface area contributed by atoms with Crippen LogP contribution in [0.1, 0.15) is 28.6 Å². The second-order valence-corrected chi connectivity index (χ2v) is 8.06. The Balaban J connectivity index is 1.60. The van der Waals surface area contributed by atoms with Crippen LogP contribution >= 0.6 is 0 Å². The molecule has 0 saturated carbocycles. The third-order valence-electron chi connectivity index (χ3n) is 5.55. The van der Waals surface area contributed by atoms with Gasteiger partial charge >= 0.3 is 5.69 Å². The molecule has 1 unspecified atom stereocenters. The molecular formula is C25H24N8O4. The van der Waals surface area contributed by atoms with E-state index in [0.717, 1.165) is 15.8 Å². The number of benzene rings is 2. The molecule has 0 radical (unpaired) electrons. The molecule has 2 aromatic heterocycles. The Bertz CT molecular complexity index is 1480. The number of aromatic amines is 1. The van der Waals surface area contributed by atoms with E-state index in [9.17, 15) is 4.79 Å². The molecule has 3 heterocycles. The molecule has 12 heteroatoms. The summed E-state index contributed by atoms with van der Waals surface area (Å²) in [5, 5.41) is 15.5. The molecule has 5 rings (SSSR count). The minimum Gasteiger partial charge on any atom is -0.486 e. The Hall–Kier alpha value is -4.97. The first-order valence-corrected chi connectivity index (χ1v) is 11.3. The number of nitrogen functional groups attached to an aromatic ring is 1. The van der Waals surface area contributed by atoms with Gasteiger partial charge in [-0.1, -0.05) is 12.7 Å². The fourth-order valence-corrected chi connectivity index (χ4v) is 3.86. The van der Waals surface area contributed by atoms with Crippen LogP contribution in [0.5, 0.6) is 11.5 Å². The van der Waals surface area contributed by atoms with E-state index in [4.69, 9.17) is 25.4 Å². The lowest BCUT2D eigenvalue weighted by atomic mass is 10.0. The quantitative estimate of drug-likeness (QED) is 0.153. The Morgan fingerprint density at radius 3 is 2.81 bits per heavy atom. The maximum atomic E-state index is 12.8. The van der Waals surface area contributed by atoms with Gasteiger partial charge < -0.3 is 25.3 Å². The summed E-state index contributed by atoms with van der Waals surface area (Å²) in [4.78, 5) is 23.9. The standard InChI is InChI=1S/C25H24N8O4/c1-2-10-36-19-12-16(11-17-13-35-14-37-21(17)19)20(30-18-6-4-15(5-7-18)22(26)27)23-31-25(34)33(32-23)24-28-8-3-9-29-24/h2-9,11-12,20,30H,1,10,13-14H2,(H3,26,27)(H,31,32,34). The molecule has 1 aliphatic rings. The topological polar surface area (TPSA) is 166 Å². The average Bonchev–Trinajstić information content (AvgIpc) is 3.32. The summed E-state index contributed by atoms with van der Waals surface area (Å²) < 4.78 is 18.2. The molecule has 1 aliphatic heterocycles. The predicted octanol–water partition coefficient (Wildman–Crippen LogP) is 2.27. The summed E-state index contributed by atoms with van der Waals surface area (Å²) in [5.41, 5.74) is 7.92. The molecule has 188 valence electrons. The molecule has 12 nitrogen and oxygen atoms in total. The van der Waals surface area contributed by atoms with E-state index < -0.39 is 11.7 Å². The van der Waals surface area contributed by atoms with Gasteiger partial charge in [-0.15, -0.1) is 9.78 Å². The molecular weight excluding hydrogens is 476 g/mol. The van der Waals surface area contributed by atoms with E-state index in [1.54, 1.807) is 36.4 Å². The highest BCUT2D eigenvalue weighted by Gasteiger charge is 2.26. The lowest BCUT2D eigenvalue weighted by Crippen LogP contribution is -2.18. The van der Waals surface area contributed by atoms with Crippen LogP contribution in [0.3, 0.4) is 0 Å². The number of hydrogen-bond acceptors (Lipinski definition) is 9. The third kappa shape index (κ3) is 5.04. The smallest absolute Gasteiger partial charge is 0.350 e. The second-order valence-electron chi connectivity index (χ2n) is 8.06. The zero-order chi connectivity index (χ0) is 25.8. The van der Waals surface area contributed by atoms with Crippen LogP contribution in [0, 0.1) is 5.41 Å². The predicted molar refractivity (Wildman–Crippen MR) is 135 cm³/mol. The monoisotopic (exact) mass is 500 g/mol. The van der Waals surface area contributed by atoms with Gasteiger partial charge in [-0.3, -0.25) is 10.4 Å². The van der Waals surface area contributed by atoms with Gasteiger partial charge in [-0.2, -0.15) is 0 Å². The summed E-state index contributed by atoms with van der Waals surface area (Å²) in [5.74, 6) is 1.54. The second kappa shape index (κ2) is 10.3. The first-order chi connectivity index (χ1) is 18.0. The number of rotatable bonds is 9. The molecule has 5 N–H and O–H groups in total. The van der Waals surface area contributed by atoms with E-state index in [-0.39, 0.29) is 25.2 Å². The minimum atomic E-state index is -0.626. The summed E-state index contributed by atoms with van der Waals surface area (Å²) >= 11 is 0. The van der Waals surface area contributed by atoms with Gasteiger partial charge in [-0.25, -0.2) is 14.8 Å². The Kier molecular flexibility index (Phi) is 6.64. The van der Waals surface area contributed by atoms with Crippen molar-refractivity contribution in [3.05, 3.63) is 101 Å². The number of amidine groups is 1. The molecule has 2 aromatic carbocycles. The highest BCUT2D eigenvalue weighted by molar-refractivity contribution is 5.95. The van der Waals surface area contributed by atoms with Crippen molar-refractivity contribution in [2.24, 2.45) is 5.73 Å². The van der Waals surface area contributed by atoms with Gasteiger partial charge in [0, 0.05) is 29.2 Å². The van der Waals surface area contributed by atoms with Crippen molar-refractivity contribution in [1.29, 1.82) is 5.41 Å². The van der Waals surface area contributed by atoms with Crippen LogP contribution in [0.25, 0.3) is 5.95 Å². The van der Waals surface area contributed by atoms with Crippen LogP contribution in [0.2, 0.25) is 0 Å². The number of nitrogens with zero attached hydrogens (tertiary/aromatic N) is 4. The normalized spacial score (nSPS) is 13.2. The fraction of sp³-hybridized carbons (Fsp3) is 0.160. The van der Waals surface area contributed by atoms with Crippen molar-refractivity contribution < 1.29 is 14.2 Å². The summed E-state index contributed by atoms with van der Waals surface area (Å²) in [6.07, 6.45) is 4.70. The van der Waals surface area contributed by atoms with Crippen molar-refractivity contribution in [2.75, 3.05) is 18.7 Å². The number of fused-ring (bicyclic) bond motifs is 1. The average molecular weight is 501 g/mol. The van der Waals surface area contributed by atoms with Gasteiger partial charge in [0.05, 0.1) is 6.61 Å². The maximum absolute atomic E-state index is 12.8. The van der Waals surface area contributed by atoms with Crippen molar-refractivity contribution in [3.8, 4) is 17.4 Å². The van der Waals surface area contributed by atoms with Crippen molar-refractivity contribution in [3.63, 3.8) is 0 Å². The van der Waals surface area contributed by atoms with E-state index >= 15 is 0 Å². The van der Waals surface area contributed by atoms with E-state index in [2.05, 4.69) is 31.9 Å². The van der Waals surface area contributed by atoms with E-state index in [1.165, 1.54) is 12.4 Å². The maximum Gasteiger partial charge on any atom is 0.350 e. The number of nitrogens with two attached hydrogens (primary N) is 1. The molecule has 4 aromatic rings. The lowest BCUT2D eigenvalue weighted by molar-refractivity contribution is -0.0182. The van der Waals surface area contributed by atoms with Crippen LogP contribution in [-0.2, 0) is 11.3 Å². The Labute approximate surface area is 211 Å². The first kappa shape index (κ1) is 23.8. The van der Waals surface area contributed by atoms with Gasteiger partial charge in [0.15, 0.2) is 24.1 Å². The van der Waals surface area contributed by atoms with Crippen LogP contribution in [-0.4, -0.2) is 44.0 Å². The Morgan fingerprint density at radius 1 is 1.30 bits per heavy atom. The van der Waals surface area contributed by atoms with Crippen LogP contribution in [0.15, 0.2) is 72.3 Å². The van der Waals surface area contributed by atoms with E-state index in [0.29, 0.717) is 35.2 Å². The highest BCUT2D eigenvalue weighted by Crippen LogP contribution is 2.39. The zero-order valence-corrected chi connectivity index (χ0v) is 19.7. The number of nitrogens with one attached hydrogen (secondary N) is 3. The van der Waals surface area contributed by atoms with Crippen LogP contribution in [0.4, 0.5) is 5.69 Å². The van der Waals surface area contributed by atoms with Gasteiger partial charge in [0.2, 0.25) is 0 Å². The van der Waals surface area contributed by atoms with Crippen molar-refractivity contribution in [2.45, 2.75) is 12.6 Å². The van der Waals surface area contributed by atoms with Gasteiger partial charge in [0.1, 0.15) is 18.5 Å². The third-order valence-corrected chi connectivity index (χ3v) is 5.55. The molecule has 0 aliphatic carbocycles. The number of aromatic nitrogens is 5. The molecule has 0 bridgehead atoms. The first-order valence-electron chi connectivity index (χ1n) is 11.3. The fourth-order valence-electron chi connectivity index (χ4n) is 3.86. The Morgan fingerprint density at radius 2 is 2.08 bits per heavy atom. The molecule has 0 amide bonds. The number of anilines is 1. The van der Waals surface area contributed by atoms with Gasteiger partial charge in [-0.05, 0) is 48.0 Å². The largest absolute Gasteiger partial charge is 0.486 e. The number of hydrogen-bond donors (Lipinski definition) is 4. The summed E-state index contributed by atoms with van der Waals surface area (Å²) in [6, 6.07) is 11.8.